The number of hydrogen-bond acceptors (Lipinski definition) is 18. The van der Waals surface area contributed by atoms with Gasteiger partial charge in [-0.05, 0) is 42.9 Å². The van der Waals surface area contributed by atoms with Gasteiger partial charge in [0.15, 0.2) is 11.6 Å². The maximum absolute atomic E-state index is 15.1. The molecule has 11 N–H and O–H groups in total. The first kappa shape index (κ1) is 63.0. The van der Waals surface area contributed by atoms with E-state index in [0.717, 1.165) is 4.90 Å². The van der Waals surface area contributed by atoms with Gasteiger partial charge in [0.05, 0.1) is 78.6 Å². The lowest BCUT2D eigenvalue weighted by Crippen LogP contribution is -2.56. The quantitative estimate of drug-likeness (QED) is 0.0598. The van der Waals surface area contributed by atoms with Gasteiger partial charge in [0.25, 0.3) is 11.8 Å². The minimum absolute atomic E-state index is 0.00795. The van der Waals surface area contributed by atoms with Crippen molar-refractivity contribution in [3.8, 4) is 5.75 Å². The van der Waals surface area contributed by atoms with E-state index in [4.69, 9.17) is 15.3 Å². The molecule has 444 valence electrons. The van der Waals surface area contributed by atoms with Crippen LogP contribution in [0.25, 0.3) is 10.9 Å². The predicted octanol–water partition coefficient (Wildman–Crippen LogP) is -2.12. The lowest BCUT2D eigenvalue weighted by molar-refractivity contribution is -0.197. The van der Waals surface area contributed by atoms with E-state index >= 15 is 4.21 Å². The number of fused-ring (bicyclic) bond motifs is 5. The Balaban J connectivity index is 1.38. The summed E-state index contributed by atoms with van der Waals surface area (Å²) in [5.74, 6) is -15.3. The van der Waals surface area contributed by atoms with Gasteiger partial charge in [-0.3, -0.25) is 56.9 Å². The van der Waals surface area contributed by atoms with Crippen LogP contribution in [0, 0.1) is 23.7 Å². The van der Waals surface area contributed by atoms with E-state index in [1.165, 1.54) is 6.92 Å². The van der Waals surface area contributed by atoms with Crippen LogP contribution in [-0.4, -0.2) is 180 Å². The third-order valence-electron chi connectivity index (χ3n) is 15.1. The van der Waals surface area contributed by atoms with Crippen molar-refractivity contribution >= 4 is 92.4 Å². The van der Waals surface area contributed by atoms with Crippen LogP contribution < -0.4 is 37.1 Å². The minimum atomic E-state index is -2.35. The normalized spacial score (nSPS) is 26.1. The van der Waals surface area contributed by atoms with Crippen molar-refractivity contribution in [1.82, 2.24) is 41.5 Å². The van der Waals surface area contributed by atoms with E-state index in [1.807, 2.05) is 0 Å². The van der Waals surface area contributed by atoms with E-state index in [-0.39, 0.29) is 42.9 Å². The number of benzene rings is 1. The average Bonchev–Trinajstić information content (AvgIpc) is 4.05. The van der Waals surface area contributed by atoms with Crippen LogP contribution in [-0.2, 0) is 79.6 Å². The molecule has 2 fully saturated rings. The number of hydroxylamine groups is 2. The molecule has 4 aliphatic rings. The first-order valence-electron chi connectivity index (χ1n) is 27.3. The number of ketones is 2. The fourth-order valence-corrected chi connectivity index (χ4v) is 11.7. The van der Waals surface area contributed by atoms with Crippen molar-refractivity contribution in [1.29, 1.82) is 0 Å². The number of hydrogen-bond donors (Lipinski definition) is 10. The molecule has 0 aliphatic carbocycles. The summed E-state index contributed by atoms with van der Waals surface area (Å²) in [4.78, 5) is 171. The molecule has 6 rings (SSSR count). The summed E-state index contributed by atoms with van der Waals surface area (Å²) in [5.41, 5.74) is 6.08. The topological polar surface area (TPSA) is 410 Å². The highest BCUT2D eigenvalue weighted by Crippen LogP contribution is 2.33. The zero-order chi connectivity index (χ0) is 59.2. The summed E-state index contributed by atoms with van der Waals surface area (Å²) in [7, 11) is -2.35. The molecule has 9 amide bonds. The molecule has 28 heteroatoms. The molecule has 0 spiro atoms. The van der Waals surface area contributed by atoms with Gasteiger partial charge in [-0.1, -0.05) is 46.5 Å². The number of carbonyl (C=O) groups is 12. The molecule has 2 bridgehead atoms. The number of Topliss-reactive ketones (excluding diaryl/α,β-unsaturated/α-hetero) is 2. The minimum Gasteiger partial charge on any atom is -0.494 e. The molecule has 2 saturated heterocycles. The van der Waals surface area contributed by atoms with Crippen molar-refractivity contribution in [2.24, 2.45) is 29.4 Å². The fourth-order valence-electron chi connectivity index (χ4n) is 10.2. The molecular weight excluding hydrogens is 1080 g/mol. The zero-order valence-corrected chi connectivity index (χ0v) is 46.3. The Morgan fingerprint density at radius 1 is 0.827 bits per heavy atom. The standard InChI is InChI=1S/C53H73N9O18S/c1-4-27(2)47-51(76)56-22-42(69)57-36-26-81(78)52-34(33-12-11-32(21-35(33)58-52)79-15-9-7-5-6-8-10-46(73)80-62-44(71)13-14-45(62)72)16-29(49(74)55-23-43(70)59-47)17-39(66)48(28(3)40(67)25-63)60-50(75)37-20-31(64)24-61(37)53(77)30(18-38(36)65)19-41(54)68/h11-12,21,27-31,36-37,40,47-48,58,63-64,67H,4-10,13-20,22-26H2,1-3H3,(H2,54,68)(H,55,74)(H,56,76)(H,57,69)(H,59,70)(H,60,75)/t27-,28-,29-,30-,31+,36-,37-,40-,47-,48-,81?/m0/s1. The highest BCUT2D eigenvalue weighted by Gasteiger charge is 2.45. The number of aliphatic hydroxyl groups is 3. The van der Waals surface area contributed by atoms with Gasteiger partial charge >= 0.3 is 5.97 Å². The number of amides is 9. The molecule has 27 nitrogen and oxygen atoms in total. The number of ether oxygens (including phenoxy) is 1. The smallest absolute Gasteiger partial charge is 0.333 e. The summed E-state index contributed by atoms with van der Waals surface area (Å²) in [5, 5.41) is 45.2. The number of rotatable bonds is 17. The van der Waals surface area contributed by atoms with E-state index in [2.05, 4.69) is 31.6 Å². The molecule has 0 saturated carbocycles. The van der Waals surface area contributed by atoms with Crippen LogP contribution >= 0.6 is 0 Å². The predicted molar refractivity (Wildman–Crippen MR) is 283 cm³/mol. The highest BCUT2D eigenvalue weighted by molar-refractivity contribution is 7.85. The van der Waals surface area contributed by atoms with E-state index < -0.39 is 199 Å². The van der Waals surface area contributed by atoms with Gasteiger partial charge in [-0.2, -0.15) is 0 Å². The SMILES string of the molecule is CC[C@H](C)[C@@H]1NC(=O)CNC(=O)[C@@H]2CC(=O)[C@H]([C@@H](C)[C@@H](O)CO)NC(=O)[C@@H]3C[C@@H](O)CN3C(=O)[C@H](CC(N)=O)CC(=O)[C@H](CS(=O)c3[nH]c4cc(OCCCCCCCC(=O)ON5C(=O)CCC5=O)ccc4c3C2)NC(=O)CNC1=O. The van der Waals surface area contributed by atoms with Gasteiger partial charge in [-0.15, -0.1) is 5.06 Å². The van der Waals surface area contributed by atoms with Crippen molar-refractivity contribution in [3.05, 3.63) is 23.8 Å². The molecule has 0 radical (unpaired) electrons. The number of H-pyrrole nitrogens is 1. The van der Waals surface area contributed by atoms with Crippen LogP contribution in [0.3, 0.4) is 0 Å². The van der Waals surface area contributed by atoms with E-state index in [0.29, 0.717) is 60.2 Å². The molecular formula is C53H73N9O18S. The molecule has 1 unspecified atom stereocenters. The van der Waals surface area contributed by atoms with Gasteiger partial charge in [0.1, 0.15) is 22.9 Å². The summed E-state index contributed by atoms with van der Waals surface area (Å²) >= 11 is 0. The second-order valence-electron chi connectivity index (χ2n) is 21.2. The van der Waals surface area contributed by atoms with Crippen molar-refractivity contribution in [2.75, 3.05) is 38.6 Å². The van der Waals surface area contributed by atoms with E-state index in [9.17, 15) is 72.9 Å². The Labute approximate surface area is 468 Å². The number of nitrogens with zero attached hydrogens (tertiary/aromatic N) is 2. The van der Waals surface area contributed by atoms with Gasteiger partial charge in [0, 0.05) is 74.8 Å². The Morgan fingerprint density at radius 2 is 1.49 bits per heavy atom. The second kappa shape index (κ2) is 29.0. The number of primary amides is 1. The summed E-state index contributed by atoms with van der Waals surface area (Å²) in [6, 6.07) is -1.37. The molecule has 4 aliphatic heterocycles. The third kappa shape index (κ3) is 16.7. The van der Waals surface area contributed by atoms with Crippen LogP contribution in [0.5, 0.6) is 5.75 Å². The Morgan fingerprint density at radius 3 is 2.17 bits per heavy atom. The summed E-state index contributed by atoms with van der Waals surface area (Å²) < 4.78 is 21.1. The number of aromatic nitrogens is 1. The number of unbranched alkanes of at least 4 members (excludes halogenated alkanes) is 4. The monoisotopic (exact) mass is 1160 g/mol. The number of imide groups is 1. The Bertz CT molecular complexity index is 2750. The van der Waals surface area contributed by atoms with Gasteiger partial charge < -0.3 is 67.1 Å². The number of aromatic amines is 1. The van der Waals surface area contributed by atoms with Gasteiger partial charge in [-0.25, -0.2) is 4.79 Å². The van der Waals surface area contributed by atoms with Crippen LogP contribution in [0.1, 0.15) is 110 Å². The molecule has 5 heterocycles. The van der Waals surface area contributed by atoms with Crippen molar-refractivity contribution in [3.63, 3.8) is 0 Å². The molecule has 2 aromatic rings. The zero-order valence-electron chi connectivity index (χ0n) is 45.5. The maximum Gasteiger partial charge on any atom is 0.333 e. The fraction of sp³-hybridized carbons (Fsp3) is 0.623. The summed E-state index contributed by atoms with van der Waals surface area (Å²) in [6.45, 7) is 2.17. The number of nitrogens with two attached hydrogens (primary N) is 1. The molecule has 1 aromatic heterocycles. The maximum atomic E-state index is 15.1. The van der Waals surface area contributed by atoms with Crippen LogP contribution in [0.15, 0.2) is 23.2 Å². The van der Waals surface area contributed by atoms with Gasteiger partial charge in [0.2, 0.25) is 41.4 Å². The first-order chi connectivity index (χ1) is 38.5. The Hall–Kier alpha value is -7.17. The summed E-state index contributed by atoms with van der Waals surface area (Å²) in [6.07, 6.45) is -2.61. The molecule has 81 heavy (non-hydrogen) atoms. The number of carbonyl (C=O) groups excluding carboxylic acids is 12. The lowest BCUT2D eigenvalue weighted by Gasteiger charge is -2.32. The van der Waals surface area contributed by atoms with Crippen LogP contribution in [0.4, 0.5) is 0 Å². The third-order valence-corrected chi connectivity index (χ3v) is 16.5. The van der Waals surface area contributed by atoms with Crippen molar-refractivity contribution < 1.29 is 86.6 Å². The Kier molecular flexibility index (Phi) is 22.6. The number of nitrogens with one attached hydrogen (secondary N) is 6. The second-order valence-corrected chi connectivity index (χ2v) is 22.6. The largest absolute Gasteiger partial charge is 0.494 e. The highest BCUT2D eigenvalue weighted by atomic mass is 32.2. The van der Waals surface area contributed by atoms with Crippen LogP contribution in [0.2, 0.25) is 0 Å². The molecule has 11 atom stereocenters. The molecule has 1 aromatic carbocycles. The first-order valence-corrected chi connectivity index (χ1v) is 28.6. The average molecular weight is 1160 g/mol. The lowest BCUT2D eigenvalue weighted by atomic mass is 9.85. The van der Waals surface area contributed by atoms with Crippen molar-refractivity contribution in [2.45, 2.75) is 152 Å². The van der Waals surface area contributed by atoms with E-state index in [1.54, 1.807) is 32.0 Å². The number of aliphatic hydroxyl groups excluding tert-OH is 3.